The normalized spacial score (nSPS) is 29.0. The lowest BCUT2D eigenvalue weighted by Gasteiger charge is -2.56. The Kier molecular flexibility index (Phi) is 8.24. The SMILES string of the molecule is CCCC[C@H]1Cc2cc(OC)ccc2[C@H](c2ccc(C(=O)NC34CC5CC(CC(C5)C3)C4)cc2)N1C(=O)C#C[Si](C)(C)C. The Bertz CT molecular complexity index is 1400. The number of hydrogen-bond acceptors (Lipinski definition) is 3. The predicted octanol–water partition coefficient (Wildman–Crippen LogP) is 7.31. The van der Waals surface area contributed by atoms with Crippen LogP contribution in [-0.2, 0) is 11.2 Å². The first-order chi connectivity index (χ1) is 20.6. The molecule has 1 heterocycles. The van der Waals surface area contributed by atoms with Crippen LogP contribution in [0.3, 0.4) is 0 Å². The third kappa shape index (κ3) is 6.29. The lowest BCUT2D eigenvalue weighted by Crippen LogP contribution is -2.59. The Hall–Kier alpha value is -3.04. The largest absolute Gasteiger partial charge is 0.497 e. The summed E-state index contributed by atoms with van der Waals surface area (Å²) >= 11 is 0. The van der Waals surface area contributed by atoms with Gasteiger partial charge in [-0.15, -0.1) is 5.54 Å². The molecule has 1 aliphatic heterocycles. The van der Waals surface area contributed by atoms with Crippen molar-refractivity contribution in [1.82, 2.24) is 10.2 Å². The fraction of sp³-hybridized carbons (Fsp3) is 0.568. The van der Waals surface area contributed by atoms with E-state index in [1.165, 1.54) is 24.8 Å². The minimum absolute atomic E-state index is 0.0172. The number of fused-ring (bicyclic) bond motifs is 1. The summed E-state index contributed by atoms with van der Waals surface area (Å²) in [6, 6.07) is 14.0. The van der Waals surface area contributed by atoms with Crippen molar-refractivity contribution in [2.75, 3.05) is 7.11 Å². The number of ether oxygens (including phenoxy) is 1. The first-order valence-electron chi connectivity index (χ1n) is 16.5. The molecule has 4 bridgehead atoms. The number of benzene rings is 2. The Balaban J connectivity index is 1.32. The highest BCUT2D eigenvalue weighted by Gasteiger charge is 2.51. The van der Waals surface area contributed by atoms with Crippen molar-refractivity contribution in [3.05, 3.63) is 64.7 Å². The van der Waals surface area contributed by atoms with Crippen molar-refractivity contribution in [2.24, 2.45) is 17.8 Å². The molecule has 0 radical (unpaired) electrons. The summed E-state index contributed by atoms with van der Waals surface area (Å²) in [6.07, 6.45) is 11.3. The van der Waals surface area contributed by atoms with Gasteiger partial charge in [-0.05, 0) is 116 Å². The summed E-state index contributed by atoms with van der Waals surface area (Å²) < 4.78 is 5.59. The van der Waals surface area contributed by atoms with Crippen molar-refractivity contribution in [1.29, 1.82) is 0 Å². The molecule has 4 saturated carbocycles. The number of amides is 2. The fourth-order valence-electron chi connectivity index (χ4n) is 8.87. The van der Waals surface area contributed by atoms with Crippen LogP contribution in [0.5, 0.6) is 5.75 Å². The lowest BCUT2D eigenvalue weighted by atomic mass is 9.53. The van der Waals surface area contributed by atoms with Crippen LogP contribution in [0.4, 0.5) is 0 Å². The van der Waals surface area contributed by atoms with Crippen LogP contribution in [0.15, 0.2) is 42.5 Å². The first kappa shape index (κ1) is 30.0. The van der Waals surface area contributed by atoms with Crippen LogP contribution < -0.4 is 10.1 Å². The maximum Gasteiger partial charge on any atom is 0.298 e. The van der Waals surface area contributed by atoms with Gasteiger partial charge in [0.25, 0.3) is 11.8 Å². The van der Waals surface area contributed by atoms with E-state index in [0.717, 1.165) is 79.6 Å². The molecule has 5 nitrogen and oxygen atoms in total. The Labute approximate surface area is 259 Å². The number of unbranched alkanes of at least 4 members (excludes halogenated alkanes) is 1. The Morgan fingerprint density at radius 3 is 2.23 bits per heavy atom. The quantitative estimate of drug-likeness (QED) is 0.269. The molecule has 5 aliphatic rings. The molecule has 2 aromatic carbocycles. The molecular formula is C37H48N2O3Si. The molecule has 43 heavy (non-hydrogen) atoms. The molecule has 0 aromatic heterocycles. The smallest absolute Gasteiger partial charge is 0.298 e. The first-order valence-corrected chi connectivity index (χ1v) is 20.0. The number of carbonyl (C=O) groups is 2. The van der Waals surface area contributed by atoms with Gasteiger partial charge in [-0.1, -0.05) is 57.6 Å². The van der Waals surface area contributed by atoms with Crippen molar-refractivity contribution in [2.45, 2.75) is 108 Å². The molecule has 7 rings (SSSR count). The van der Waals surface area contributed by atoms with Crippen molar-refractivity contribution >= 4 is 19.9 Å². The topological polar surface area (TPSA) is 58.6 Å². The molecule has 0 unspecified atom stereocenters. The molecule has 4 aliphatic carbocycles. The van der Waals surface area contributed by atoms with Gasteiger partial charge in [-0.3, -0.25) is 9.59 Å². The lowest BCUT2D eigenvalue weighted by molar-refractivity contribution is -0.130. The molecule has 6 heteroatoms. The standard InChI is InChI=1S/C37H48N2O3Si/c1-6-7-8-31-20-30-21-32(42-2)13-14-33(30)35(39(31)34(40)15-16-43(3,4)5)28-9-11-29(12-10-28)36(41)38-37-22-25-17-26(23-37)19-27(18-25)24-37/h9-14,21,25-27,31,35H,6-8,17-20,22-24H2,1-5H3,(H,38,41)/t25?,26?,27?,31-,35-,37?/m0/s1. The van der Waals surface area contributed by atoms with E-state index in [2.05, 4.69) is 67.6 Å². The van der Waals surface area contributed by atoms with Crippen LogP contribution in [0, 0.1) is 29.2 Å². The van der Waals surface area contributed by atoms with Crippen LogP contribution >= 0.6 is 0 Å². The van der Waals surface area contributed by atoms with Crippen molar-refractivity contribution < 1.29 is 14.3 Å². The average molecular weight is 597 g/mol. The third-order valence-electron chi connectivity index (χ3n) is 10.3. The maximum absolute atomic E-state index is 13.9. The van der Waals surface area contributed by atoms with Gasteiger partial charge in [0, 0.05) is 17.1 Å². The number of methoxy groups -OCH3 is 1. The molecule has 2 amide bonds. The van der Waals surface area contributed by atoms with Gasteiger partial charge in [0.05, 0.1) is 13.2 Å². The van der Waals surface area contributed by atoms with E-state index in [1.807, 2.05) is 23.1 Å². The molecule has 1 N–H and O–H groups in total. The Morgan fingerprint density at radius 2 is 1.65 bits per heavy atom. The number of nitrogens with zero attached hydrogens (tertiary/aromatic N) is 1. The predicted molar refractivity (Wildman–Crippen MR) is 175 cm³/mol. The molecule has 2 aromatic rings. The number of carbonyl (C=O) groups excluding carboxylic acids is 2. The summed E-state index contributed by atoms with van der Waals surface area (Å²) in [6.45, 7) is 8.71. The van der Waals surface area contributed by atoms with Gasteiger partial charge in [0.15, 0.2) is 0 Å². The summed E-state index contributed by atoms with van der Waals surface area (Å²) in [5, 5.41) is 3.52. The van der Waals surface area contributed by atoms with E-state index in [4.69, 9.17) is 4.74 Å². The second-order valence-corrected chi connectivity index (χ2v) is 19.7. The molecule has 4 fully saturated rings. The monoisotopic (exact) mass is 596 g/mol. The minimum Gasteiger partial charge on any atom is -0.497 e. The zero-order chi connectivity index (χ0) is 30.4. The van der Waals surface area contributed by atoms with E-state index < -0.39 is 8.07 Å². The van der Waals surface area contributed by atoms with Gasteiger partial charge in [0.1, 0.15) is 13.8 Å². The highest BCUT2D eigenvalue weighted by Crippen LogP contribution is 2.55. The van der Waals surface area contributed by atoms with Gasteiger partial charge in [-0.25, -0.2) is 0 Å². The van der Waals surface area contributed by atoms with Gasteiger partial charge >= 0.3 is 0 Å². The van der Waals surface area contributed by atoms with Crippen LogP contribution in [0.25, 0.3) is 0 Å². The van der Waals surface area contributed by atoms with Gasteiger partial charge in [-0.2, -0.15) is 0 Å². The van der Waals surface area contributed by atoms with E-state index in [9.17, 15) is 9.59 Å². The van der Waals surface area contributed by atoms with Crippen molar-refractivity contribution in [3.63, 3.8) is 0 Å². The highest BCUT2D eigenvalue weighted by molar-refractivity contribution is 6.84. The number of hydrogen-bond donors (Lipinski definition) is 1. The maximum atomic E-state index is 13.9. The van der Waals surface area contributed by atoms with E-state index in [1.54, 1.807) is 7.11 Å². The van der Waals surface area contributed by atoms with Crippen LogP contribution in [0.1, 0.15) is 97.8 Å². The average Bonchev–Trinajstić information content (AvgIpc) is 2.96. The molecule has 0 spiro atoms. The summed E-state index contributed by atoms with van der Waals surface area (Å²) in [7, 11) is -0.0361. The summed E-state index contributed by atoms with van der Waals surface area (Å²) in [4.78, 5) is 29.6. The van der Waals surface area contributed by atoms with Gasteiger partial charge in [0.2, 0.25) is 0 Å². The molecule has 0 saturated heterocycles. The summed E-state index contributed by atoms with van der Waals surface area (Å²) in [5.74, 6) is 6.19. The number of nitrogens with one attached hydrogen (secondary N) is 1. The van der Waals surface area contributed by atoms with Crippen LogP contribution in [0.2, 0.25) is 19.6 Å². The zero-order valence-electron chi connectivity index (χ0n) is 26.7. The van der Waals surface area contributed by atoms with E-state index >= 15 is 0 Å². The minimum atomic E-state index is -1.74. The second kappa shape index (κ2) is 11.8. The second-order valence-electron chi connectivity index (χ2n) is 15.0. The highest BCUT2D eigenvalue weighted by atomic mass is 28.3. The third-order valence-corrected chi connectivity index (χ3v) is 11.2. The van der Waals surface area contributed by atoms with E-state index in [-0.39, 0.29) is 29.4 Å². The zero-order valence-corrected chi connectivity index (χ0v) is 27.7. The molecule has 2 atom stereocenters. The van der Waals surface area contributed by atoms with Gasteiger partial charge < -0.3 is 15.0 Å². The van der Waals surface area contributed by atoms with E-state index in [0.29, 0.717) is 5.56 Å². The van der Waals surface area contributed by atoms with Crippen LogP contribution in [-0.4, -0.2) is 43.5 Å². The Morgan fingerprint density at radius 1 is 1.00 bits per heavy atom. The molecular weight excluding hydrogens is 549 g/mol. The fourth-order valence-corrected chi connectivity index (χ4v) is 9.35. The summed E-state index contributed by atoms with van der Waals surface area (Å²) in [5.41, 5.74) is 7.35. The number of rotatable bonds is 7. The molecule has 228 valence electrons. The van der Waals surface area contributed by atoms with Crippen molar-refractivity contribution in [3.8, 4) is 17.2 Å².